The van der Waals surface area contributed by atoms with Crippen LogP contribution in [0.25, 0.3) is 0 Å². The number of rotatable bonds is 4. The van der Waals surface area contributed by atoms with Gasteiger partial charge in [-0.25, -0.2) is 13.2 Å². The summed E-state index contributed by atoms with van der Waals surface area (Å²) in [5.74, 6) is -0.178. The number of piperazine rings is 1. The lowest BCUT2D eigenvalue weighted by Crippen LogP contribution is -2.53. The molecule has 1 aliphatic rings. The molecule has 0 aliphatic carbocycles. The van der Waals surface area contributed by atoms with Crippen LogP contribution in [0.4, 0.5) is 4.79 Å². The van der Waals surface area contributed by atoms with E-state index in [0.29, 0.717) is 25.2 Å². The highest BCUT2D eigenvalue weighted by Crippen LogP contribution is 2.19. The first-order valence-electron chi connectivity index (χ1n) is 7.50. The fourth-order valence-corrected chi connectivity index (χ4v) is 3.89. The van der Waals surface area contributed by atoms with Crippen molar-refractivity contribution < 1.29 is 18.0 Å². The van der Waals surface area contributed by atoms with Crippen molar-refractivity contribution in [3.8, 4) is 0 Å². The number of sulfonamides is 1. The van der Waals surface area contributed by atoms with Gasteiger partial charge < -0.3 is 10.2 Å². The fraction of sp³-hybridized carbons (Fsp3) is 0.467. The van der Waals surface area contributed by atoms with E-state index in [4.69, 9.17) is 0 Å². The lowest BCUT2D eigenvalue weighted by molar-refractivity contribution is 0.101. The van der Waals surface area contributed by atoms with E-state index in [9.17, 15) is 18.0 Å². The average Bonchev–Trinajstić information content (AvgIpc) is 2.55. The highest BCUT2D eigenvalue weighted by molar-refractivity contribution is 7.89. The summed E-state index contributed by atoms with van der Waals surface area (Å²) in [5, 5.41) is 2.70. The van der Waals surface area contributed by atoms with Gasteiger partial charge in [-0.1, -0.05) is 12.1 Å². The Kier molecular flexibility index (Phi) is 5.38. The summed E-state index contributed by atoms with van der Waals surface area (Å²) in [6, 6.07) is 5.86. The van der Waals surface area contributed by atoms with Gasteiger partial charge in [0.25, 0.3) is 0 Å². The average molecular weight is 339 g/mol. The monoisotopic (exact) mass is 339 g/mol. The third kappa shape index (κ3) is 3.89. The van der Waals surface area contributed by atoms with Crippen LogP contribution in [0.15, 0.2) is 29.2 Å². The van der Waals surface area contributed by atoms with Crippen LogP contribution in [0.2, 0.25) is 0 Å². The molecule has 0 spiro atoms. The van der Waals surface area contributed by atoms with Crippen LogP contribution in [-0.2, 0) is 10.0 Å². The van der Waals surface area contributed by atoms with E-state index in [2.05, 4.69) is 5.32 Å². The van der Waals surface area contributed by atoms with Crippen molar-refractivity contribution >= 4 is 21.8 Å². The number of benzene rings is 1. The Balaban J connectivity index is 2.12. The summed E-state index contributed by atoms with van der Waals surface area (Å²) in [6.45, 7) is 4.94. The van der Waals surface area contributed by atoms with E-state index in [1.165, 1.54) is 23.4 Å². The first-order valence-corrected chi connectivity index (χ1v) is 8.94. The van der Waals surface area contributed by atoms with Gasteiger partial charge in [0.1, 0.15) is 0 Å². The zero-order valence-electron chi connectivity index (χ0n) is 13.3. The van der Waals surface area contributed by atoms with Crippen molar-refractivity contribution in [2.45, 2.75) is 18.7 Å². The van der Waals surface area contributed by atoms with Gasteiger partial charge in [0.2, 0.25) is 10.0 Å². The third-order valence-electron chi connectivity index (χ3n) is 3.73. The summed E-state index contributed by atoms with van der Waals surface area (Å²) in [4.78, 5) is 24.9. The van der Waals surface area contributed by atoms with E-state index in [-0.39, 0.29) is 29.8 Å². The topological polar surface area (TPSA) is 86.8 Å². The lowest BCUT2D eigenvalue weighted by atomic mass is 10.2. The number of carbonyl (C=O) groups excluding carboxylic acids is 2. The van der Waals surface area contributed by atoms with Gasteiger partial charge in [0.05, 0.1) is 4.90 Å². The summed E-state index contributed by atoms with van der Waals surface area (Å²) in [5.41, 5.74) is 0.368. The van der Waals surface area contributed by atoms with Gasteiger partial charge >= 0.3 is 6.03 Å². The molecule has 2 rings (SSSR count). The second-order valence-corrected chi connectivity index (χ2v) is 7.25. The predicted molar refractivity (Wildman–Crippen MR) is 85.9 cm³/mol. The van der Waals surface area contributed by atoms with E-state index in [1.807, 2.05) is 6.92 Å². The summed E-state index contributed by atoms with van der Waals surface area (Å²) in [6.07, 6.45) is 0. The Hall–Kier alpha value is -1.93. The van der Waals surface area contributed by atoms with Crippen molar-refractivity contribution in [2.24, 2.45) is 0 Å². The van der Waals surface area contributed by atoms with Crippen LogP contribution in [-0.4, -0.2) is 62.2 Å². The molecule has 1 fully saturated rings. The standard InChI is InChI=1S/C15H21N3O4S/c1-3-16-15(20)17-7-9-18(10-8-17)23(21,22)14-6-4-5-13(11-14)12(2)19/h4-6,11H,3,7-10H2,1-2H3,(H,16,20). The molecule has 0 atom stereocenters. The number of carbonyl (C=O) groups is 2. The Labute approximate surface area is 136 Å². The van der Waals surface area contributed by atoms with Crippen molar-refractivity contribution in [1.29, 1.82) is 0 Å². The minimum atomic E-state index is -3.66. The lowest BCUT2D eigenvalue weighted by Gasteiger charge is -2.33. The normalized spacial score (nSPS) is 16.2. The summed E-state index contributed by atoms with van der Waals surface area (Å²) in [7, 11) is -3.66. The first kappa shape index (κ1) is 17.4. The Bertz CT molecular complexity index is 694. The fourth-order valence-electron chi connectivity index (χ4n) is 2.42. The zero-order valence-corrected chi connectivity index (χ0v) is 14.1. The number of amides is 2. The van der Waals surface area contributed by atoms with Gasteiger partial charge in [-0.3, -0.25) is 4.79 Å². The van der Waals surface area contributed by atoms with Crippen LogP contribution in [0.1, 0.15) is 24.2 Å². The second-order valence-electron chi connectivity index (χ2n) is 5.31. The molecule has 0 aromatic heterocycles. The zero-order chi connectivity index (χ0) is 17.0. The van der Waals surface area contributed by atoms with Gasteiger partial charge in [0, 0.05) is 38.3 Å². The molecule has 1 aliphatic heterocycles. The molecule has 0 radical (unpaired) electrons. The van der Waals surface area contributed by atoms with Crippen LogP contribution >= 0.6 is 0 Å². The molecule has 0 bridgehead atoms. The van der Waals surface area contributed by atoms with E-state index >= 15 is 0 Å². The molecular formula is C15H21N3O4S. The number of ketones is 1. The molecular weight excluding hydrogens is 318 g/mol. The largest absolute Gasteiger partial charge is 0.338 e. The summed E-state index contributed by atoms with van der Waals surface area (Å²) >= 11 is 0. The number of hydrogen-bond acceptors (Lipinski definition) is 4. The van der Waals surface area contributed by atoms with Gasteiger partial charge in [-0.05, 0) is 26.0 Å². The van der Waals surface area contributed by atoms with E-state index in [0.717, 1.165) is 0 Å². The summed E-state index contributed by atoms with van der Waals surface area (Å²) < 4.78 is 26.7. The van der Waals surface area contributed by atoms with E-state index < -0.39 is 10.0 Å². The molecule has 2 amide bonds. The van der Waals surface area contributed by atoms with Gasteiger partial charge in [-0.15, -0.1) is 0 Å². The molecule has 1 aromatic rings. The van der Waals surface area contributed by atoms with Crippen LogP contribution in [0, 0.1) is 0 Å². The van der Waals surface area contributed by atoms with Gasteiger partial charge in [-0.2, -0.15) is 4.31 Å². The molecule has 23 heavy (non-hydrogen) atoms. The number of nitrogens with zero attached hydrogens (tertiary/aromatic N) is 2. The number of hydrogen-bond donors (Lipinski definition) is 1. The molecule has 1 aromatic carbocycles. The first-order chi connectivity index (χ1) is 10.9. The number of Topliss-reactive ketones (excluding diaryl/α,β-unsaturated/α-hetero) is 1. The van der Waals surface area contributed by atoms with E-state index in [1.54, 1.807) is 17.0 Å². The molecule has 126 valence electrons. The highest BCUT2D eigenvalue weighted by atomic mass is 32.2. The molecule has 7 nitrogen and oxygen atoms in total. The minimum absolute atomic E-state index is 0.108. The maximum absolute atomic E-state index is 12.7. The smallest absolute Gasteiger partial charge is 0.317 e. The van der Waals surface area contributed by atoms with Crippen LogP contribution < -0.4 is 5.32 Å². The van der Waals surface area contributed by atoms with Crippen LogP contribution in [0.5, 0.6) is 0 Å². The minimum Gasteiger partial charge on any atom is -0.338 e. The molecule has 8 heteroatoms. The molecule has 1 N–H and O–H groups in total. The molecule has 1 heterocycles. The van der Waals surface area contributed by atoms with Gasteiger partial charge in [0.15, 0.2) is 5.78 Å². The quantitative estimate of drug-likeness (QED) is 0.827. The number of urea groups is 1. The number of nitrogens with one attached hydrogen (secondary N) is 1. The second kappa shape index (κ2) is 7.10. The maximum Gasteiger partial charge on any atom is 0.317 e. The molecule has 0 saturated carbocycles. The van der Waals surface area contributed by atoms with Crippen LogP contribution in [0.3, 0.4) is 0 Å². The van der Waals surface area contributed by atoms with Crippen molar-refractivity contribution in [1.82, 2.24) is 14.5 Å². The Morgan fingerprint density at radius 3 is 2.39 bits per heavy atom. The SMILES string of the molecule is CCNC(=O)N1CCN(S(=O)(=O)c2cccc(C(C)=O)c2)CC1. The Morgan fingerprint density at radius 1 is 1.17 bits per heavy atom. The van der Waals surface area contributed by atoms with Crippen molar-refractivity contribution in [3.63, 3.8) is 0 Å². The predicted octanol–water partition coefficient (Wildman–Crippen LogP) is 0.925. The maximum atomic E-state index is 12.7. The Morgan fingerprint density at radius 2 is 1.83 bits per heavy atom. The highest BCUT2D eigenvalue weighted by Gasteiger charge is 2.30. The molecule has 1 saturated heterocycles. The van der Waals surface area contributed by atoms with Crippen molar-refractivity contribution in [2.75, 3.05) is 32.7 Å². The molecule has 0 unspecified atom stereocenters. The third-order valence-corrected chi connectivity index (χ3v) is 5.63. The van der Waals surface area contributed by atoms with Crippen molar-refractivity contribution in [3.05, 3.63) is 29.8 Å².